The van der Waals surface area contributed by atoms with E-state index < -0.39 is 17.9 Å². The van der Waals surface area contributed by atoms with E-state index in [1.807, 2.05) is 31.2 Å². The topological polar surface area (TPSA) is 102 Å². The van der Waals surface area contributed by atoms with E-state index in [0.29, 0.717) is 17.4 Å². The number of nitrogens with one attached hydrogen (secondary N) is 1. The van der Waals surface area contributed by atoms with E-state index in [0.717, 1.165) is 15.9 Å². The second kappa shape index (κ2) is 7.63. The molecule has 0 aliphatic rings. The van der Waals surface area contributed by atoms with E-state index in [4.69, 9.17) is 16.7 Å². The van der Waals surface area contributed by atoms with E-state index in [1.165, 1.54) is 12.3 Å². The molecule has 140 valence electrons. The Hall–Kier alpha value is -3.13. The summed E-state index contributed by atoms with van der Waals surface area (Å²) >= 11 is 6.19. The average molecular weight is 388 g/mol. The summed E-state index contributed by atoms with van der Waals surface area (Å²) in [6.07, 6.45) is 1.34. The maximum Gasteiger partial charge on any atom is 0.354 e. The first-order valence-electron chi connectivity index (χ1n) is 8.22. The van der Waals surface area contributed by atoms with Gasteiger partial charge in [0.2, 0.25) is 5.91 Å². The van der Waals surface area contributed by atoms with Gasteiger partial charge in [0.15, 0.2) is 5.82 Å². The fourth-order valence-corrected chi connectivity index (χ4v) is 2.85. The molecule has 1 amide bonds. The molecule has 3 aromatic rings. The number of hydrogen-bond acceptors (Lipinski definition) is 4. The van der Waals surface area contributed by atoms with Crippen LogP contribution >= 0.6 is 11.6 Å². The maximum absolute atomic E-state index is 12.5. The Morgan fingerprint density at radius 2 is 2.04 bits per heavy atom. The monoisotopic (exact) mass is 387 g/mol. The van der Waals surface area contributed by atoms with Gasteiger partial charge < -0.3 is 10.4 Å². The lowest BCUT2D eigenvalue weighted by Crippen LogP contribution is -2.27. The van der Waals surface area contributed by atoms with Gasteiger partial charge in [-0.25, -0.2) is 9.48 Å². The summed E-state index contributed by atoms with van der Waals surface area (Å²) in [6, 6.07) is 9.75. The third-order valence-electron chi connectivity index (χ3n) is 4.15. The van der Waals surface area contributed by atoms with E-state index >= 15 is 0 Å². The van der Waals surface area contributed by atoms with Crippen molar-refractivity contribution >= 4 is 29.3 Å². The number of nitrogens with zero attached hydrogens (tertiary/aromatic N) is 4. The summed E-state index contributed by atoms with van der Waals surface area (Å²) in [5, 5.41) is 20.8. The predicted molar refractivity (Wildman–Crippen MR) is 100 cm³/mol. The Morgan fingerprint density at radius 1 is 1.30 bits per heavy atom. The summed E-state index contributed by atoms with van der Waals surface area (Å²) in [5.74, 6) is -1.18. The largest absolute Gasteiger partial charge is 0.477 e. The first-order chi connectivity index (χ1) is 12.9. The Bertz CT molecular complexity index is 995. The third-order valence-corrected chi connectivity index (χ3v) is 4.51. The quantitative estimate of drug-likeness (QED) is 0.677. The van der Waals surface area contributed by atoms with Crippen molar-refractivity contribution in [1.82, 2.24) is 19.6 Å². The van der Waals surface area contributed by atoms with Gasteiger partial charge >= 0.3 is 5.97 Å². The minimum Gasteiger partial charge on any atom is -0.477 e. The van der Waals surface area contributed by atoms with Crippen molar-refractivity contribution in [3.05, 3.63) is 64.6 Å². The molecule has 0 saturated heterocycles. The van der Waals surface area contributed by atoms with Crippen LogP contribution < -0.4 is 5.32 Å². The molecule has 0 bridgehead atoms. The highest BCUT2D eigenvalue weighted by Crippen LogP contribution is 2.19. The van der Waals surface area contributed by atoms with Gasteiger partial charge in [0.1, 0.15) is 11.7 Å². The van der Waals surface area contributed by atoms with E-state index in [9.17, 15) is 9.59 Å². The number of halogens is 1. The van der Waals surface area contributed by atoms with Crippen LogP contribution in [-0.4, -0.2) is 36.5 Å². The van der Waals surface area contributed by atoms with Crippen molar-refractivity contribution in [2.75, 3.05) is 5.32 Å². The van der Waals surface area contributed by atoms with Gasteiger partial charge in [-0.1, -0.05) is 29.8 Å². The highest BCUT2D eigenvalue weighted by atomic mass is 35.5. The van der Waals surface area contributed by atoms with Crippen LogP contribution in [0.4, 0.5) is 5.82 Å². The van der Waals surface area contributed by atoms with Gasteiger partial charge in [0.05, 0.1) is 6.54 Å². The molecule has 1 atom stereocenters. The molecule has 2 N–H and O–H groups in total. The highest BCUT2D eigenvalue weighted by molar-refractivity contribution is 6.31. The number of carboxylic acid groups (broad SMARTS) is 1. The summed E-state index contributed by atoms with van der Waals surface area (Å²) < 4.78 is 2.89. The number of carboxylic acids is 1. The predicted octanol–water partition coefficient (Wildman–Crippen LogP) is 2.99. The zero-order valence-corrected chi connectivity index (χ0v) is 15.5. The number of rotatable bonds is 6. The number of carbonyl (C=O) groups is 2. The van der Waals surface area contributed by atoms with Gasteiger partial charge in [-0.05, 0) is 31.5 Å². The number of aromatic carboxylic acids is 1. The molecule has 0 radical (unpaired) electrons. The third kappa shape index (κ3) is 4.01. The number of carbonyl (C=O) groups excluding carboxylic acids is 1. The van der Waals surface area contributed by atoms with E-state index in [1.54, 1.807) is 17.7 Å². The molecule has 0 aliphatic carbocycles. The van der Waals surface area contributed by atoms with Gasteiger partial charge in [0, 0.05) is 23.0 Å². The minimum absolute atomic E-state index is 0.0573. The molecule has 27 heavy (non-hydrogen) atoms. The molecule has 1 aromatic carbocycles. The number of aromatic nitrogens is 4. The minimum atomic E-state index is -1.15. The zero-order chi connectivity index (χ0) is 19.6. The summed E-state index contributed by atoms with van der Waals surface area (Å²) in [4.78, 5) is 23.7. The molecule has 0 spiro atoms. The number of amides is 1. The fraction of sp³-hybridized carbons (Fsp3) is 0.222. The average Bonchev–Trinajstić information content (AvgIpc) is 3.23. The van der Waals surface area contributed by atoms with Crippen LogP contribution in [-0.2, 0) is 11.3 Å². The molecule has 0 fully saturated rings. The number of hydrogen-bond donors (Lipinski definition) is 2. The maximum atomic E-state index is 12.5. The van der Waals surface area contributed by atoms with Crippen molar-refractivity contribution in [2.24, 2.45) is 0 Å². The van der Waals surface area contributed by atoms with Crippen LogP contribution in [0.3, 0.4) is 0 Å². The summed E-state index contributed by atoms with van der Waals surface area (Å²) in [7, 11) is 0. The Morgan fingerprint density at radius 3 is 2.74 bits per heavy atom. The molecule has 9 heteroatoms. The molecule has 0 aliphatic heterocycles. The molecular weight excluding hydrogens is 370 g/mol. The van der Waals surface area contributed by atoms with Gasteiger partial charge in [-0.3, -0.25) is 9.48 Å². The van der Waals surface area contributed by atoms with Gasteiger partial charge in [-0.2, -0.15) is 10.2 Å². The standard InChI is InChI=1S/C18H18ClN5O3/c1-11-9-16(22-23(11)10-13-5-3-4-6-14(13)19)21-17(25)12(2)24-15(18(26)27)7-8-20-24/h3-9,12H,10H2,1-2H3,(H,26,27)(H,21,22,25). The summed E-state index contributed by atoms with van der Waals surface area (Å²) in [5.41, 5.74) is 1.71. The molecular formula is C18H18ClN5O3. The normalized spacial score (nSPS) is 12.0. The second-order valence-electron chi connectivity index (χ2n) is 6.05. The van der Waals surface area contributed by atoms with E-state index in [-0.39, 0.29) is 5.69 Å². The molecule has 2 heterocycles. The Labute approximate surface area is 160 Å². The fourth-order valence-electron chi connectivity index (χ4n) is 2.65. The lowest BCUT2D eigenvalue weighted by molar-refractivity contribution is -0.119. The Balaban J connectivity index is 1.74. The van der Waals surface area contributed by atoms with Crippen LogP contribution in [0.1, 0.15) is 34.7 Å². The SMILES string of the molecule is Cc1cc(NC(=O)C(C)n2nccc2C(=O)O)nn1Cc1ccccc1Cl. The molecule has 8 nitrogen and oxygen atoms in total. The van der Waals surface area contributed by atoms with Crippen molar-refractivity contribution < 1.29 is 14.7 Å². The van der Waals surface area contributed by atoms with Crippen LogP contribution in [0.2, 0.25) is 5.02 Å². The van der Waals surface area contributed by atoms with Crippen molar-refractivity contribution in [3.8, 4) is 0 Å². The van der Waals surface area contributed by atoms with Crippen LogP contribution in [0.15, 0.2) is 42.6 Å². The van der Waals surface area contributed by atoms with Gasteiger partial charge in [-0.15, -0.1) is 0 Å². The van der Waals surface area contributed by atoms with Crippen LogP contribution in [0.5, 0.6) is 0 Å². The molecule has 0 saturated carbocycles. The molecule has 1 unspecified atom stereocenters. The van der Waals surface area contributed by atoms with Crippen LogP contribution in [0.25, 0.3) is 0 Å². The first kappa shape index (κ1) is 18.7. The zero-order valence-electron chi connectivity index (χ0n) is 14.8. The van der Waals surface area contributed by atoms with Crippen LogP contribution in [0, 0.1) is 6.92 Å². The van der Waals surface area contributed by atoms with Crippen molar-refractivity contribution in [2.45, 2.75) is 26.4 Å². The molecule has 3 rings (SSSR count). The number of aryl methyl sites for hydroxylation is 1. The van der Waals surface area contributed by atoms with Crippen molar-refractivity contribution in [1.29, 1.82) is 0 Å². The highest BCUT2D eigenvalue weighted by Gasteiger charge is 2.22. The second-order valence-corrected chi connectivity index (χ2v) is 6.46. The number of anilines is 1. The molecule has 2 aromatic heterocycles. The van der Waals surface area contributed by atoms with Gasteiger partial charge in [0.25, 0.3) is 0 Å². The Kier molecular flexibility index (Phi) is 5.27. The van der Waals surface area contributed by atoms with E-state index in [2.05, 4.69) is 15.5 Å². The lowest BCUT2D eigenvalue weighted by atomic mass is 10.2. The summed E-state index contributed by atoms with van der Waals surface area (Å²) in [6.45, 7) is 3.92. The number of benzene rings is 1. The smallest absolute Gasteiger partial charge is 0.354 e. The lowest BCUT2D eigenvalue weighted by Gasteiger charge is -2.13. The van der Waals surface area contributed by atoms with Crippen molar-refractivity contribution in [3.63, 3.8) is 0 Å². The first-order valence-corrected chi connectivity index (χ1v) is 8.60.